The van der Waals surface area contributed by atoms with E-state index in [2.05, 4.69) is 0 Å². The summed E-state index contributed by atoms with van der Waals surface area (Å²) in [7, 11) is 0. The quantitative estimate of drug-likeness (QED) is 0.273. The Bertz CT molecular complexity index is 9.22. The zero-order valence-electron chi connectivity index (χ0n) is 4.23. The van der Waals surface area contributed by atoms with Gasteiger partial charge in [-0.15, -0.1) is 0 Å². The van der Waals surface area contributed by atoms with Crippen molar-refractivity contribution in [1.82, 2.24) is 0 Å². The predicted molar refractivity (Wildman–Crippen MR) is 5.75 cm³/mol. The van der Waals surface area contributed by atoms with Gasteiger partial charge in [-0.05, 0) is 0 Å². The summed E-state index contributed by atoms with van der Waals surface area (Å²) < 4.78 is 0. The normalized spacial score (nSPS) is 0. The first-order valence-corrected chi connectivity index (χ1v) is 0. The molecule has 0 saturated heterocycles. The van der Waals surface area contributed by atoms with Crippen LogP contribution in [-0.4, -0.2) is 23.1 Å². The first-order chi connectivity index (χ1) is 0. The smallest absolute Gasteiger partial charge is 1.00 e. The molecular weight excluding hydrogens is 414 g/mol. The fourth-order valence-electron chi connectivity index (χ4n) is 0. The molecule has 10 heavy (non-hydrogen) atoms. The molecule has 0 fully saturated rings. The van der Waals surface area contributed by atoms with Crippen LogP contribution in [0.15, 0.2) is 0 Å². The zero-order valence-corrected chi connectivity index (χ0v) is 9.81. The third-order valence-corrected chi connectivity index (χ3v) is 0. The molecule has 0 aliphatic rings. The van der Waals surface area contributed by atoms with Gasteiger partial charge in [-0.25, -0.2) is 0 Å². The van der Waals surface area contributed by atoms with Crippen molar-refractivity contribution in [3.05, 3.63) is 0 Å². The maximum absolute atomic E-state index is 0. The van der Waals surface area contributed by atoms with E-state index in [4.69, 9.17) is 0 Å². The minimum atomic E-state index is 0. The van der Waals surface area contributed by atoms with Gasteiger partial charge in [0, 0.05) is 0 Å². The molecule has 0 saturated carbocycles. The summed E-state index contributed by atoms with van der Waals surface area (Å²) in [5.74, 6) is 0. The third-order valence-electron chi connectivity index (χ3n) is 0. The fourth-order valence-corrected chi connectivity index (χ4v) is 0. The molecule has 0 aliphatic carbocycles. The third kappa shape index (κ3) is 399. The van der Waals surface area contributed by atoms with Crippen LogP contribution in [0.5, 0.6) is 0 Å². The van der Waals surface area contributed by atoms with E-state index in [0.717, 1.165) is 0 Å². The van der Waals surface area contributed by atoms with E-state index < -0.39 is 0 Å². The largest absolute Gasteiger partial charge is 6.00 e. The number of rotatable bonds is 0. The average molecular weight is 414 g/mol. The topological polar surface area (TPSA) is 0 Å². The van der Waals surface area contributed by atoms with Gasteiger partial charge in [0.05, 0.1) is 0 Å². The Hall–Kier alpha value is 1.26. The van der Waals surface area contributed by atoms with E-state index in [1.54, 1.807) is 0 Å². The summed E-state index contributed by atoms with van der Waals surface area (Å²) in [6.45, 7) is 0. The summed E-state index contributed by atoms with van der Waals surface area (Å²) in [5.41, 5.74) is 0. The standard InChI is InChI=1S/8FH.Mg.U/h8*1H;;/q;;;;;;;;+2;+6/p-8. The van der Waals surface area contributed by atoms with Crippen LogP contribution in [0, 0.1) is 31.1 Å². The van der Waals surface area contributed by atoms with Crippen LogP contribution in [0.1, 0.15) is 0 Å². The SMILES string of the molecule is [F-].[F-].[F-].[F-].[F-].[F-].[F-].[F-].[Mg+2].[U+6]. The molecule has 0 aromatic rings. The van der Waals surface area contributed by atoms with Gasteiger partial charge in [-0.2, -0.15) is 0 Å². The molecule has 0 nitrogen and oxygen atoms in total. The van der Waals surface area contributed by atoms with Gasteiger partial charge in [0.2, 0.25) is 0 Å². The van der Waals surface area contributed by atoms with Crippen molar-refractivity contribution in [2.75, 3.05) is 0 Å². The molecule has 0 amide bonds. The van der Waals surface area contributed by atoms with Gasteiger partial charge in [0.25, 0.3) is 0 Å². The summed E-state index contributed by atoms with van der Waals surface area (Å²) in [5, 5.41) is 0. The van der Waals surface area contributed by atoms with E-state index in [9.17, 15) is 0 Å². The Morgan fingerprint density at radius 3 is 0.300 bits per heavy atom. The van der Waals surface area contributed by atoms with Crippen molar-refractivity contribution in [2.45, 2.75) is 0 Å². The monoisotopic (exact) mass is 414 g/mol. The van der Waals surface area contributed by atoms with E-state index >= 15 is 0 Å². The van der Waals surface area contributed by atoms with Crippen molar-refractivity contribution in [3.63, 3.8) is 0 Å². The maximum atomic E-state index is 0. The average Bonchev–Trinajstić information content (AvgIpc) is 0. The van der Waals surface area contributed by atoms with E-state index in [0.29, 0.717) is 0 Å². The van der Waals surface area contributed by atoms with Gasteiger partial charge >= 0.3 is 54.2 Å². The Kier molecular flexibility index (Phi) is 41600. The molecule has 0 aromatic heterocycles. The van der Waals surface area contributed by atoms with Crippen molar-refractivity contribution < 1.29 is 68.7 Å². The van der Waals surface area contributed by atoms with Crippen LogP contribution in [-0.2, 0) is 0 Å². The van der Waals surface area contributed by atoms with Gasteiger partial charge in [-0.1, -0.05) is 0 Å². The maximum Gasteiger partial charge on any atom is 6.00 e. The molecule has 62 valence electrons. The molecule has 0 radical (unpaired) electrons. The molecule has 0 atom stereocenters. The van der Waals surface area contributed by atoms with E-state index in [1.165, 1.54) is 0 Å². The van der Waals surface area contributed by atoms with Gasteiger partial charge in [-0.3, -0.25) is 0 Å². The van der Waals surface area contributed by atoms with Gasteiger partial charge in [0.15, 0.2) is 0 Å². The Balaban J connectivity index is 0. The first-order valence-electron chi connectivity index (χ1n) is 0. The second kappa shape index (κ2) is 555. The molecule has 0 spiro atoms. The molecule has 0 unspecified atom stereocenters. The van der Waals surface area contributed by atoms with Crippen LogP contribution in [0.25, 0.3) is 0 Å². The Morgan fingerprint density at radius 1 is 0.300 bits per heavy atom. The molecule has 0 heterocycles. The second-order valence-electron chi connectivity index (χ2n) is 0. The summed E-state index contributed by atoms with van der Waals surface area (Å²) >= 11 is 0. The zero-order chi connectivity index (χ0) is 0. The molecular formula is F8MgU. The summed E-state index contributed by atoms with van der Waals surface area (Å²) in [6.07, 6.45) is 0. The van der Waals surface area contributed by atoms with Gasteiger partial charge < -0.3 is 37.6 Å². The molecule has 10 heteroatoms. The van der Waals surface area contributed by atoms with Crippen molar-refractivity contribution in [3.8, 4) is 0 Å². The number of hydrogen-bond acceptors (Lipinski definition) is 0. The van der Waals surface area contributed by atoms with Crippen LogP contribution in [0.3, 0.4) is 0 Å². The van der Waals surface area contributed by atoms with Crippen LogP contribution < -0.4 is 37.6 Å². The predicted octanol–water partition coefficient (Wildman–Crippen LogP) is -24.3. The molecule has 0 aromatic carbocycles. The van der Waals surface area contributed by atoms with Crippen LogP contribution in [0.4, 0.5) is 0 Å². The molecule has 0 N–H and O–H groups in total. The van der Waals surface area contributed by atoms with Crippen molar-refractivity contribution in [1.29, 1.82) is 0 Å². The summed E-state index contributed by atoms with van der Waals surface area (Å²) in [6, 6.07) is 0. The number of halogens is 8. The minimum Gasteiger partial charge on any atom is -1.00 e. The fraction of sp³-hybridized carbons (Fsp3) is 0. The molecule has 0 aliphatic heterocycles. The van der Waals surface area contributed by atoms with Crippen molar-refractivity contribution >= 4 is 23.1 Å². The van der Waals surface area contributed by atoms with E-state index in [-0.39, 0.29) is 91.8 Å². The molecule has 0 rings (SSSR count). The summed E-state index contributed by atoms with van der Waals surface area (Å²) in [4.78, 5) is 0. The number of hydrogen-bond donors (Lipinski definition) is 0. The van der Waals surface area contributed by atoms with Crippen LogP contribution >= 0.6 is 0 Å². The Labute approximate surface area is 91.3 Å². The second-order valence-corrected chi connectivity index (χ2v) is 0. The minimum absolute atomic E-state index is 0. The van der Waals surface area contributed by atoms with Crippen LogP contribution in [0.2, 0.25) is 0 Å². The van der Waals surface area contributed by atoms with Gasteiger partial charge in [0.1, 0.15) is 0 Å². The molecule has 0 bridgehead atoms. The van der Waals surface area contributed by atoms with E-state index in [1.807, 2.05) is 0 Å². The first kappa shape index (κ1) is 748. The Morgan fingerprint density at radius 2 is 0.300 bits per heavy atom. The van der Waals surface area contributed by atoms with Crippen molar-refractivity contribution in [2.24, 2.45) is 0 Å².